The largest absolute Gasteiger partial charge is 0.495 e. The van der Waals surface area contributed by atoms with Crippen LogP contribution in [0.25, 0.3) is 0 Å². The van der Waals surface area contributed by atoms with Crippen molar-refractivity contribution in [1.29, 1.82) is 0 Å². The Kier molecular flexibility index (Phi) is 6.34. The molecule has 0 saturated heterocycles. The first-order valence-corrected chi connectivity index (χ1v) is 9.15. The van der Waals surface area contributed by atoms with Crippen LogP contribution in [0.4, 0.5) is 14.5 Å². The van der Waals surface area contributed by atoms with Crippen LogP contribution >= 0.6 is 0 Å². The number of benzene rings is 2. The normalized spacial score (nSPS) is 11.3. The molecule has 146 valence electrons. The van der Waals surface area contributed by atoms with E-state index in [9.17, 15) is 22.0 Å². The van der Waals surface area contributed by atoms with Crippen molar-refractivity contribution in [3.63, 3.8) is 0 Å². The van der Waals surface area contributed by atoms with Gasteiger partial charge in [0.25, 0.3) is 5.91 Å². The standard InChI is InChI=1S/C17H18F2N2O5S/c1-10-12(5-4-6-13(10)26-17(18)19)21-16(22)11-7-8-14(25-3)15(9-11)27(23,24)20-2/h4-9,17,20H,1-3H3,(H,21,22). The average molecular weight is 400 g/mol. The third-order valence-electron chi connectivity index (χ3n) is 3.73. The summed E-state index contributed by atoms with van der Waals surface area (Å²) in [4.78, 5) is 12.3. The summed E-state index contributed by atoms with van der Waals surface area (Å²) in [5.74, 6) is -0.622. The molecule has 0 spiro atoms. The predicted octanol–water partition coefficient (Wildman–Crippen LogP) is 2.77. The van der Waals surface area contributed by atoms with E-state index in [2.05, 4.69) is 14.8 Å². The van der Waals surface area contributed by atoms with Crippen LogP contribution in [0.3, 0.4) is 0 Å². The van der Waals surface area contributed by atoms with Gasteiger partial charge in [-0.25, -0.2) is 13.1 Å². The van der Waals surface area contributed by atoms with Gasteiger partial charge in [0.1, 0.15) is 16.4 Å². The van der Waals surface area contributed by atoms with Crippen molar-refractivity contribution < 1.29 is 31.5 Å². The Morgan fingerprint density at radius 2 is 1.85 bits per heavy atom. The van der Waals surface area contributed by atoms with Crippen molar-refractivity contribution in [1.82, 2.24) is 4.72 Å². The first-order chi connectivity index (χ1) is 12.7. The van der Waals surface area contributed by atoms with Crippen molar-refractivity contribution in [2.75, 3.05) is 19.5 Å². The molecule has 0 aliphatic rings. The zero-order valence-electron chi connectivity index (χ0n) is 14.7. The molecule has 0 aliphatic heterocycles. The molecule has 2 N–H and O–H groups in total. The number of methoxy groups -OCH3 is 1. The number of carbonyl (C=O) groups is 1. The minimum atomic E-state index is -3.86. The second-order valence-electron chi connectivity index (χ2n) is 5.33. The maximum Gasteiger partial charge on any atom is 0.387 e. The number of rotatable bonds is 7. The van der Waals surface area contributed by atoms with Gasteiger partial charge in [0.2, 0.25) is 10.0 Å². The molecule has 10 heteroatoms. The molecule has 7 nitrogen and oxygen atoms in total. The molecule has 2 aromatic rings. The van der Waals surface area contributed by atoms with E-state index in [1.165, 1.54) is 51.4 Å². The molecule has 1 amide bonds. The number of ether oxygens (including phenoxy) is 2. The molecule has 0 fully saturated rings. The Morgan fingerprint density at radius 1 is 1.15 bits per heavy atom. The SMILES string of the molecule is CNS(=O)(=O)c1cc(C(=O)Nc2cccc(OC(F)F)c2C)ccc1OC. The molecule has 0 aromatic heterocycles. The van der Waals surface area contributed by atoms with Gasteiger partial charge in [-0.05, 0) is 44.3 Å². The van der Waals surface area contributed by atoms with E-state index in [1.54, 1.807) is 0 Å². The third-order valence-corrected chi connectivity index (χ3v) is 5.17. The van der Waals surface area contributed by atoms with Gasteiger partial charge >= 0.3 is 6.61 Å². The van der Waals surface area contributed by atoms with E-state index < -0.39 is 22.5 Å². The molecule has 0 aliphatic carbocycles. The highest BCUT2D eigenvalue weighted by atomic mass is 32.2. The van der Waals surface area contributed by atoms with Crippen molar-refractivity contribution in [3.8, 4) is 11.5 Å². The second kappa shape index (κ2) is 8.31. The number of carbonyl (C=O) groups excluding carboxylic acids is 1. The third kappa shape index (κ3) is 4.72. The summed E-state index contributed by atoms with van der Waals surface area (Å²) >= 11 is 0. The van der Waals surface area contributed by atoms with E-state index in [0.717, 1.165) is 6.07 Å². The summed E-state index contributed by atoms with van der Waals surface area (Å²) in [5, 5.41) is 2.55. The highest BCUT2D eigenvalue weighted by Crippen LogP contribution is 2.28. The fraction of sp³-hybridized carbons (Fsp3) is 0.235. The summed E-state index contributed by atoms with van der Waals surface area (Å²) in [6, 6.07) is 8.21. The van der Waals surface area contributed by atoms with Crippen LogP contribution in [0.15, 0.2) is 41.3 Å². The molecule has 0 atom stereocenters. The molecule has 27 heavy (non-hydrogen) atoms. The lowest BCUT2D eigenvalue weighted by atomic mass is 10.1. The van der Waals surface area contributed by atoms with Gasteiger partial charge < -0.3 is 14.8 Å². The molecule has 0 unspecified atom stereocenters. The summed E-state index contributed by atoms with van der Waals surface area (Å²) in [6.45, 7) is -1.48. The molecule has 2 aromatic carbocycles. The highest BCUT2D eigenvalue weighted by Gasteiger charge is 2.21. The van der Waals surface area contributed by atoms with E-state index in [-0.39, 0.29) is 27.6 Å². The summed E-state index contributed by atoms with van der Waals surface area (Å²) in [5.41, 5.74) is 0.610. The maximum atomic E-state index is 12.5. The van der Waals surface area contributed by atoms with Crippen LogP contribution in [-0.4, -0.2) is 35.1 Å². The molecule has 0 bridgehead atoms. The molecular formula is C17H18F2N2O5S. The first-order valence-electron chi connectivity index (χ1n) is 7.67. The maximum absolute atomic E-state index is 12.5. The van der Waals surface area contributed by atoms with Gasteiger partial charge in [0.15, 0.2) is 0 Å². The first kappa shape index (κ1) is 20.6. The van der Waals surface area contributed by atoms with Crippen molar-refractivity contribution in [2.24, 2.45) is 0 Å². The number of hydrogen-bond acceptors (Lipinski definition) is 5. The fourth-order valence-corrected chi connectivity index (χ4v) is 3.22. The lowest BCUT2D eigenvalue weighted by molar-refractivity contribution is -0.0502. The number of alkyl halides is 2. The van der Waals surface area contributed by atoms with Crippen LogP contribution in [0, 0.1) is 6.92 Å². The fourth-order valence-electron chi connectivity index (χ4n) is 2.31. The summed E-state index contributed by atoms with van der Waals surface area (Å²) in [6.07, 6.45) is 0. The lowest BCUT2D eigenvalue weighted by Gasteiger charge is -2.14. The Hall–Kier alpha value is -2.72. The Bertz CT molecular complexity index is 948. The van der Waals surface area contributed by atoms with Crippen LogP contribution in [-0.2, 0) is 10.0 Å². The Labute approximate surface area is 155 Å². The van der Waals surface area contributed by atoms with Crippen molar-refractivity contribution >= 4 is 21.6 Å². The van der Waals surface area contributed by atoms with E-state index in [1.807, 2.05) is 0 Å². The van der Waals surface area contributed by atoms with Gasteiger partial charge in [-0.3, -0.25) is 4.79 Å². The molecule has 0 heterocycles. The minimum Gasteiger partial charge on any atom is -0.495 e. The van der Waals surface area contributed by atoms with Crippen LogP contribution in [0.5, 0.6) is 11.5 Å². The zero-order chi connectivity index (χ0) is 20.2. The molecule has 2 rings (SSSR count). The second-order valence-corrected chi connectivity index (χ2v) is 7.19. The predicted molar refractivity (Wildman–Crippen MR) is 95.0 cm³/mol. The number of hydrogen-bond donors (Lipinski definition) is 2. The molecule has 0 radical (unpaired) electrons. The Balaban J connectivity index is 2.36. The van der Waals surface area contributed by atoms with Gasteiger partial charge in [-0.1, -0.05) is 6.07 Å². The molecule has 0 saturated carbocycles. The van der Waals surface area contributed by atoms with Crippen LogP contribution in [0.1, 0.15) is 15.9 Å². The topological polar surface area (TPSA) is 93.7 Å². The van der Waals surface area contributed by atoms with E-state index >= 15 is 0 Å². The number of anilines is 1. The summed E-state index contributed by atoms with van der Waals surface area (Å²) < 4.78 is 60.7. The van der Waals surface area contributed by atoms with E-state index in [0.29, 0.717) is 5.56 Å². The van der Waals surface area contributed by atoms with Crippen molar-refractivity contribution in [2.45, 2.75) is 18.4 Å². The quantitative estimate of drug-likeness (QED) is 0.745. The van der Waals surface area contributed by atoms with Gasteiger partial charge in [-0.15, -0.1) is 0 Å². The van der Waals surface area contributed by atoms with Crippen molar-refractivity contribution in [3.05, 3.63) is 47.5 Å². The van der Waals surface area contributed by atoms with Crippen LogP contribution < -0.4 is 19.5 Å². The lowest BCUT2D eigenvalue weighted by Crippen LogP contribution is -2.20. The molecular weight excluding hydrogens is 382 g/mol. The highest BCUT2D eigenvalue weighted by molar-refractivity contribution is 7.89. The van der Waals surface area contributed by atoms with Gasteiger partial charge in [0, 0.05) is 16.8 Å². The van der Waals surface area contributed by atoms with E-state index in [4.69, 9.17) is 4.74 Å². The van der Waals surface area contributed by atoms with Gasteiger partial charge in [0.05, 0.1) is 7.11 Å². The zero-order valence-corrected chi connectivity index (χ0v) is 15.6. The number of nitrogens with one attached hydrogen (secondary N) is 2. The number of sulfonamides is 1. The smallest absolute Gasteiger partial charge is 0.387 e. The Morgan fingerprint density at radius 3 is 2.44 bits per heavy atom. The van der Waals surface area contributed by atoms with Crippen LogP contribution in [0.2, 0.25) is 0 Å². The average Bonchev–Trinajstić information content (AvgIpc) is 2.64. The number of amides is 1. The summed E-state index contributed by atoms with van der Waals surface area (Å²) in [7, 11) is -1.31. The number of halogens is 2. The van der Waals surface area contributed by atoms with Gasteiger partial charge in [-0.2, -0.15) is 8.78 Å². The monoisotopic (exact) mass is 400 g/mol. The minimum absolute atomic E-state index is 0.0456.